The number of halogens is 4. The summed E-state index contributed by atoms with van der Waals surface area (Å²) in [6.07, 6.45) is 0.187. The molecule has 16 nitrogen and oxygen atoms in total. The van der Waals surface area contributed by atoms with E-state index in [-0.39, 0.29) is 42.1 Å². The largest absolute Gasteiger partial charge is 0.497 e. The maximum atomic E-state index is 15.0. The Bertz CT molecular complexity index is 2300. The standard InChI is InChI=1S/C41H51F3IN5O11S/c1-7-23-16-22(2)10-8-9-11-24-19-40(24,36(55)49-62(57,58)39(5)14-15-39)47-32(51)30-18-26(60-33-27-13-12-25(59-6)17-28(27)29(20-46-33)35(53)54)21-50(30)34(52)31(23)45-48-37(56)61-38(3,4)41(42,43)44/h9,11-13,17,20,22-24,26,30-31H,7-8,10,14-16,18-19,21H2,1-6H3,(H,47,51)(H,49,55)(H,53,54)/b11-9-/t22-,23-,24-,26-,30+,31?,40-/m1/s1. The van der Waals surface area contributed by atoms with Gasteiger partial charge in [0.05, 0.1) is 24.0 Å². The number of pyridine rings is 1. The minimum absolute atomic E-state index is 0.00969. The maximum absolute atomic E-state index is 15.0. The average molecular weight is 1010 g/mol. The number of ether oxygens (including phenoxy) is 3. The van der Waals surface area contributed by atoms with Crippen molar-refractivity contribution >= 4 is 71.6 Å². The Morgan fingerprint density at radius 3 is 2.48 bits per heavy atom. The van der Waals surface area contributed by atoms with Crippen molar-refractivity contribution < 1.29 is 64.9 Å². The third kappa shape index (κ3) is 9.71. The van der Waals surface area contributed by atoms with Gasteiger partial charge in [0.1, 0.15) is 27.4 Å². The van der Waals surface area contributed by atoms with Gasteiger partial charge in [0.2, 0.25) is 33.3 Å². The fourth-order valence-corrected chi connectivity index (χ4v) is 11.6. The number of carbonyl (C=O) groups is 5. The van der Waals surface area contributed by atoms with Gasteiger partial charge in [0.25, 0.3) is 5.91 Å². The normalized spacial score (nSPS) is 28.6. The molecule has 1 aromatic carbocycles. The monoisotopic (exact) mass is 1010 g/mol. The molecule has 1 aromatic heterocycles. The van der Waals surface area contributed by atoms with E-state index in [1.165, 1.54) is 25.0 Å². The number of allylic oxidation sites excluding steroid dienone is 1. The molecule has 7 atom stereocenters. The van der Waals surface area contributed by atoms with E-state index < -0.39 is 111 Å². The first-order valence-electron chi connectivity index (χ1n) is 20.3. The van der Waals surface area contributed by atoms with Crippen molar-refractivity contribution in [2.24, 2.45) is 20.9 Å². The Balaban J connectivity index is 1.39. The summed E-state index contributed by atoms with van der Waals surface area (Å²) in [4.78, 5) is 74.1. The molecule has 1 saturated heterocycles. The smallest absolute Gasteiger partial charge is 0.439 e. The van der Waals surface area contributed by atoms with Crippen molar-refractivity contribution in [3.8, 4) is 11.6 Å². The zero-order chi connectivity index (χ0) is 45.6. The number of carboxylic acids is 1. The van der Waals surface area contributed by atoms with Crippen LogP contribution >= 0.6 is 21.0 Å². The van der Waals surface area contributed by atoms with Gasteiger partial charge in [-0.2, -0.15) is 16.3 Å². The molecule has 6 rings (SSSR count). The Morgan fingerprint density at radius 2 is 1.85 bits per heavy atom. The van der Waals surface area contributed by atoms with Crippen molar-refractivity contribution in [1.82, 2.24) is 19.9 Å². The molecular formula is C41H51F3IN5O11S. The van der Waals surface area contributed by atoms with E-state index >= 15 is 4.79 Å². The SMILES string of the molecule is CC[C@@H]1C[C@H](C)CC/C=C\[C@@H]2C[C@@]2(C(=O)NS(=O)(=O)C2(C)CC2)NC(=O)[C@@H]2C[C@@H](Oc3ncc(C(=O)O)c4cc(OC)ccc34)CN2C(=O)C1I=NC(=O)OC(C)(C)C(F)(F)F. The zero-order valence-electron chi connectivity index (χ0n) is 35.1. The number of hydrogen-bond donors (Lipinski definition) is 3. The lowest BCUT2D eigenvalue weighted by Crippen LogP contribution is -2.57. The van der Waals surface area contributed by atoms with Crippen LogP contribution in [-0.4, -0.2) is 105 Å². The summed E-state index contributed by atoms with van der Waals surface area (Å²) in [5, 5.41) is 13.2. The van der Waals surface area contributed by atoms with Crippen LogP contribution < -0.4 is 19.5 Å². The summed E-state index contributed by atoms with van der Waals surface area (Å²) >= 11 is -1.91. The highest BCUT2D eigenvalue weighted by Crippen LogP contribution is 2.48. The van der Waals surface area contributed by atoms with Crippen molar-refractivity contribution in [2.75, 3.05) is 13.7 Å². The molecule has 0 spiro atoms. The molecule has 3 N–H and O–H groups in total. The predicted molar refractivity (Wildman–Crippen MR) is 226 cm³/mol. The van der Waals surface area contributed by atoms with Gasteiger partial charge in [-0.25, -0.2) is 23.0 Å². The third-order valence-corrected chi connectivity index (χ3v) is 17.3. The minimum Gasteiger partial charge on any atom is -0.497 e. The van der Waals surface area contributed by atoms with Gasteiger partial charge in [-0.3, -0.25) is 19.1 Å². The summed E-state index contributed by atoms with van der Waals surface area (Å²) in [6, 6.07) is 3.31. The van der Waals surface area contributed by atoms with Crippen molar-refractivity contribution in [1.29, 1.82) is 0 Å². The number of aromatic carboxylic acids is 1. The van der Waals surface area contributed by atoms with Crippen LogP contribution in [0.3, 0.4) is 0 Å². The summed E-state index contributed by atoms with van der Waals surface area (Å²) < 4.78 is 87.7. The molecule has 2 aromatic rings. The number of sulfonamides is 1. The summed E-state index contributed by atoms with van der Waals surface area (Å²) in [6.45, 7) is 6.51. The highest BCUT2D eigenvalue weighted by molar-refractivity contribution is 14.2. The molecule has 0 bridgehead atoms. The number of nitrogens with one attached hydrogen (secondary N) is 2. The molecule has 2 saturated carbocycles. The Hall–Kier alpha value is -4.41. The van der Waals surface area contributed by atoms with Crippen LogP contribution in [0.5, 0.6) is 11.6 Å². The first-order valence-corrected chi connectivity index (χ1v) is 24.0. The van der Waals surface area contributed by atoms with Crippen molar-refractivity contribution in [2.45, 2.75) is 124 Å². The van der Waals surface area contributed by atoms with E-state index in [0.29, 0.717) is 63.5 Å². The molecule has 3 heterocycles. The molecule has 2 aliphatic heterocycles. The number of benzene rings is 1. The number of rotatable bonds is 10. The number of aromatic nitrogens is 1. The zero-order valence-corrected chi connectivity index (χ0v) is 38.1. The molecule has 4 amide bonds. The van der Waals surface area contributed by atoms with Crippen LogP contribution in [0.15, 0.2) is 39.7 Å². The fourth-order valence-electron chi connectivity index (χ4n) is 7.82. The highest BCUT2D eigenvalue weighted by atomic mass is 127. The van der Waals surface area contributed by atoms with E-state index in [0.717, 1.165) is 6.20 Å². The number of hydrogen-bond acceptors (Lipinski definition) is 11. The van der Waals surface area contributed by atoms with Crippen LogP contribution in [0.1, 0.15) is 96.3 Å². The van der Waals surface area contributed by atoms with E-state index in [9.17, 15) is 45.9 Å². The molecule has 4 aliphatic rings. The van der Waals surface area contributed by atoms with Gasteiger partial charge in [-0.1, -0.05) is 32.4 Å². The van der Waals surface area contributed by atoms with Gasteiger partial charge in [-0.05, 0) is 89.3 Å². The topological polar surface area (TPSA) is 220 Å². The fraction of sp³-hybridized carbons (Fsp3) is 0.610. The number of methoxy groups -OCH3 is 1. The highest BCUT2D eigenvalue weighted by Gasteiger charge is 2.63. The lowest BCUT2D eigenvalue weighted by Gasteiger charge is -2.31. The Morgan fingerprint density at radius 1 is 1.15 bits per heavy atom. The van der Waals surface area contributed by atoms with Crippen LogP contribution in [0, 0.1) is 17.8 Å². The second-order valence-corrected chi connectivity index (χ2v) is 21.9. The minimum atomic E-state index is -4.90. The van der Waals surface area contributed by atoms with E-state index in [4.69, 9.17) is 14.2 Å². The van der Waals surface area contributed by atoms with Gasteiger partial charge in [0, 0.05) is 50.3 Å². The lowest BCUT2D eigenvalue weighted by atomic mass is 9.88. The third-order valence-electron chi connectivity index (χ3n) is 12.3. The quantitative estimate of drug-likeness (QED) is 0.131. The molecule has 0 radical (unpaired) electrons. The van der Waals surface area contributed by atoms with E-state index in [1.54, 1.807) is 18.2 Å². The molecule has 21 heteroatoms. The number of alkyl halides is 4. The maximum Gasteiger partial charge on any atom is 0.439 e. The first kappa shape index (κ1) is 47.1. The van der Waals surface area contributed by atoms with E-state index in [2.05, 4.69) is 18.2 Å². The van der Waals surface area contributed by atoms with Gasteiger partial charge in [0.15, 0.2) is 0 Å². The van der Waals surface area contributed by atoms with Crippen LogP contribution in [-0.2, 0) is 29.1 Å². The predicted octanol–water partition coefficient (Wildman–Crippen LogP) is 6.57. The molecule has 3 fully saturated rings. The molecule has 1 unspecified atom stereocenters. The van der Waals surface area contributed by atoms with Crippen LogP contribution in [0.4, 0.5) is 18.0 Å². The van der Waals surface area contributed by atoms with Crippen LogP contribution in [0.25, 0.3) is 10.8 Å². The second-order valence-electron chi connectivity index (χ2n) is 17.3. The summed E-state index contributed by atoms with van der Waals surface area (Å²) in [7, 11) is -2.69. The number of carbonyl (C=O) groups excluding carboxylic acids is 4. The molecule has 2 aliphatic carbocycles. The van der Waals surface area contributed by atoms with Gasteiger partial charge in [-0.15, -0.1) is 0 Å². The van der Waals surface area contributed by atoms with Gasteiger partial charge >= 0.3 is 18.2 Å². The Labute approximate surface area is 367 Å². The summed E-state index contributed by atoms with van der Waals surface area (Å²) in [5.41, 5.74) is -4.66. The van der Waals surface area contributed by atoms with Crippen molar-refractivity contribution in [3.05, 3.63) is 42.1 Å². The van der Waals surface area contributed by atoms with E-state index in [1.807, 2.05) is 19.9 Å². The first-order chi connectivity index (χ1) is 29.0. The lowest BCUT2D eigenvalue weighted by molar-refractivity contribution is -0.243. The molecular weight excluding hydrogens is 954 g/mol. The molecule has 62 heavy (non-hydrogen) atoms. The van der Waals surface area contributed by atoms with Gasteiger partial charge < -0.3 is 29.5 Å². The van der Waals surface area contributed by atoms with Crippen LogP contribution in [0.2, 0.25) is 0 Å². The number of fused-ring (bicyclic) bond motifs is 3. The number of amides is 4. The number of carboxylic acid groups (broad SMARTS) is 1. The molecule has 340 valence electrons. The Kier molecular flexibility index (Phi) is 13.4. The second kappa shape index (κ2) is 17.6. The number of nitrogens with zero attached hydrogens (tertiary/aromatic N) is 3. The summed E-state index contributed by atoms with van der Waals surface area (Å²) in [5.74, 6) is -4.18. The van der Waals surface area contributed by atoms with Crippen molar-refractivity contribution in [3.63, 3.8) is 0 Å². The average Bonchev–Trinajstić information content (AvgIpc) is 4.08.